The number of rotatable bonds is 2. The van der Waals surface area contributed by atoms with Crippen molar-refractivity contribution in [2.45, 2.75) is 19.1 Å². The number of nitrogens with two attached hydrogens (primary N) is 1. The lowest BCUT2D eigenvalue weighted by Gasteiger charge is -2.40. The van der Waals surface area contributed by atoms with Crippen LogP contribution in [0.25, 0.3) is 0 Å². The molecule has 1 unspecified atom stereocenters. The zero-order valence-electron chi connectivity index (χ0n) is 15.0. The van der Waals surface area contributed by atoms with Gasteiger partial charge in [-0.1, -0.05) is 11.6 Å². The number of halogens is 4. The fourth-order valence-electron chi connectivity index (χ4n) is 3.07. The molecule has 1 atom stereocenters. The maximum atomic E-state index is 12.6. The van der Waals surface area contributed by atoms with Crippen LogP contribution in [-0.4, -0.2) is 41.6 Å². The lowest BCUT2D eigenvalue weighted by atomic mass is 10.2. The zero-order chi connectivity index (χ0) is 20.5. The highest BCUT2D eigenvalue weighted by atomic mass is 35.5. The zero-order valence-corrected chi connectivity index (χ0v) is 15.8. The second-order valence-electron chi connectivity index (χ2n) is 6.57. The molecule has 0 saturated carbocycles. The average Bonchev–Trinajstić information content (AvgIpc) is 2.61. The normalized spacial score (nSPS) is 17.5. The number of piperazine rings is 1. The summed E-state index contributed by atoms with van der Waals surface area (Å²) in [7, 11) is 0. The van der Waals surface area contributed by atoms with Gasteiger partial charge in [-0.2, -0.15) is 13.2 Å². The van der Waals surface area contributed by atoms with E-state index in [9.17, 15) is 18.0 Å². The summed E-state index contributed by atoms with van der Waals surface area (Å²) >= 11 is 6.20. The van der Waals surface area contributed by atoms with E-state index in [-0.39, 0.29) is 12.1 Å². The summed E-state index contributed by atoms with van der Waals surface area (Å²) in [4.78, 5) is 20.4. The second-order valence-corrected chi connectivity index (χ2v) is 6.97. The van der Waals surface area contributed by atoms with Crippen molar-refractivity contribution in [3.05, 3.63) is 47.1 Å². The summed E-state index contributed by atoms with van der Waals surface area (Å²) in [6.45, 7) is 3.32. The number of carbonyl (C=O) groups excluding carboxylic acids is 1. The minimum absolute atomic E-state index is 0.154. The van der Waals surface area contributed by atoms with Gasteiger partial charge in [0.2, 0.25) is 0 Å². The molecule has 1 fully saturated rings. The predicted molar refractivity (Wildman–Crippen MR) is 103 cm³/mol. The Morgan fingerprint density at radius 3 is 2.54 bits per heavy atom. The Kier molecular flexibility index (Phi) is 5.55. The van der Waals surface area contributed by atoms with Crippen LogP contribution in [0, 0.1) is 0 Å². The number of anilines is 3. The quantitative estimate of drug-likeness (QED) is 0.778. The summed E-state index contributed by atoms with van der Waals surface area (Å²) in [5.74, 6) is 0.602. The Hall–Kier alpha value is -2.68. The number of amides is 2. The van der Waals surface area contributed by atoms with E-state index >= 15 is 0 Å². The lowest BCUT2D eigenvalue weighted by molar-refractivity contribution is -0.137. The molecule has 1 aliphatic rings. The van der Waals surface area contributed by atoms with Crippen molar-refractivity contribution >= 4 is 34.8 Å². The van der Waals surface area contributed by atoms with Gasteiger partial charge >= 0.3 is 12.2 Å². The Balaban J connectivity index is 1.63. The number of benzene rings is 1. The molecule has 1 saturated heterocycles. The largest absolute Gasteiger partial charge is 0.416 e. The first-order valence-corrected chi connectivity index (χ1v) is 8.94. The summed E-state index contributed by atoms with van der Waals surface area (Å²) in [6, 6.07) is 5.44. The predicted octanol–water partition coefficient (Wildman–Crippen LogP) is 4.08. The number of nitrogens with zero attached hydrogens (tertiary/aromatic N) is 3. The third kappa shape index (κ3) is 4.41. The smallest absolute Gasteiger partial charge is 0.397 e. The van der Waals surface area contributed by atoms with Crippen molar-refractivity contribution in [3.63, 3.8) is 0 Å². The molecule has 2 aromatic rings. The van der Waals surface area contributed by atoms with Gasteiger partial charge in [0, 0.05) is 31.4 Å². The molecule has 1 aliphatic heterocycles. The minimum atomic E-state index is -4.41. The summed E-state index contributed by atoms with van der Waals surface area (Å²) in [6.07, 6.45) is -2.89. The van der Waals surface area contributed by atoms with Crippen molar-refractivity contribution in [1.29, 1.82) is 0 Å². The monoisotopic (exact) mass is 413 g/mol. The van der Waals surface area contributed by atoms with E-state index in [0.29, 0.717) is 41.8 Å². The van der Waals surface area contributed by atoms with Crippen LogP contribution in [0.3, 0.4) is 0 Å². The van der Waals surface area contributed by atoms with Gasteiger partial charge in [0.05, 0.1) is 22.5 Å². The first kappa shape index (κ1) is 20.1. The number of hydrogen-bond donors (Lipinski definition) is 2. The molecule has 2 amide bonds. The van der Waals surface area contributed by atoms with Gasteiger partial charge < -0.3 is 20.9 Å². The number of alkyl halides is 3. The van der Waals surface area contributed by atoms with Crippen LogP contribution in [0.15, 0.2) is 36.5 Å². The lowest BCUT2D eigenvalue weighted by Crippen LogP contribution is -2.55. The number of aromatic nitrogens is 1. The molecule has 0 spiro atoms. The molecule has 0 aliphatic carbocycles. The van der Waals surface area contributed by atoms with Crippen LogP contribution in [0.5, 0.6) is 0 Å². The van der Waals surface area contributed by atoms with Gasteiger partial charge in [0.15, 0.2) is 0 Å². The van der Waals surface area contributed by atoms with Crippen LogP contribution in [0.1, 0.15) is 12.5 Å². The molecule has 3 N–H and O–H groups in total. The highest BCUT2D eigenvalue weighted by Crippen LogP contribution is 2.30. The maximum Gasteiger partial charge on any atom is 0.416 e. The average molecular weight is 414 g/mol. The standard InChI is InChI=1S/C18H19ClF3N5O/c1-11-10-26(16-15(19)8-13(23)9-24-16)6-7-27(11)17(28)25-14-4-2-12(3-5-14)18(20,21)22/h2-5,8-9,11H,6-7,10,23H2,1H3,(H,25,28). The maximum absolute atomic E-state index is 12.6. The third-order valence-electron chi connectivity index (χ3n) is 4.49. The molecule has 0 bridgehead atoms. The van der Waals surface area contributed by atoms with Gasteiger partial charge in [0.1, 0.15) is 5.82 Å². The van der Waals surface area contributed by atoms with Crippen LogP contribution in [0.2, 0.25) is 5.02 Å². The highest BCUT2D eigenvalue weighted by Gasteiger charge is 2.31. The molecule has 1 aromatic carbocycles. The van der Waals surface area contributed by atoms with E-state index in [2.05, 4.69) is 10.3 Å². The van der Waals surface area contributed by atoms with Crippen LogP contribution in [0.4, 0.5) is 35.2 Å². The molecule has 6 nitrogen and oxygen atoms in total. The van der Waals surface area contributed by atoms with Gasteiger partial charge in [-0.15, -0.1) is 0 Å². The number of nitrogen functional groups attached to an aromatic ring is 1. The van der Waals surface area contributed by atoms with Crippen molar-refractivity contribution < 1.29 is 18.0 Å². The Morgan fingerprint density at radius 1 is 1.29 bits per heavy atom. The first-order valence-electron chi connectivity index (χ1n) is 8.56. The topological polar surface area (TPSA) is 74.5 Å². The van der Waals surface area contributed by atoms with E-state index in [1.165, 1.54) is 18.3 Å². The number of nitrogens with one attached hydrogen (secondary N) is 1. The second kappa shape index (κ2) is 7.75. The van der Waals surface area contributed by atoms with Gasteiger partial charge in [-0.25, -0.2) is 9.78 Å². The number of hydrogen-bond acceptors (Lipinski definition) is 4. The van der Waals surface area contributed by atoms with E-state index < -0.39 is 11.7 Å². The van der Waals surface area contributed by atoms with E-state index in [1.54, 1.807) is 11.0 Å². The molecule has 3 rings (SSSR count). The number of carbonyl (C=O) groups is 1. The first-order chi connectivity index (χ1) is 13.1. The molecule has 28 heavy (non-hydrogen) atoms. The van der Waals surface area contributed by atoms with E-state index in [1.807, 2.05) is 11.8 Å². The third-order valence-corrected chi connectivity index (χ3v) is 4.77. The molecule has 2 heterocycles. The molecular formula is C18H19ClF3N5O. The molecule has 0 radical (unpaired) electrons. The van der Waals surface area contributed by atoms with Crippen molar-refractivity contribution in [2.24, 2.45) is 0 Å². The fourth-order valence-corrected chi connectivity index (χ4v) is 3.36. The summed E-state index contributed by atoms with van der Waals surface area (Å²) < 4.78 is 37.9. The van der Waals surface area contributed by atoms with E-state index in [0.717, 1.165) is 12.1 Å². The van der Waals surface area contributed by atoms with Gasteiger partial charge in [-0.05, 0) is 37.3 Å². The number of urea groups is 1. The Labute approximate surface area is 165 Å². The fraction of sp³-hybridized carbons (Fsp3) is 0.333. The van der Waals surface area contributed by atoms with Crippen LogP contribution in [-0.2, 0) is 6.18 Å². The minimum Gasteiger partial charge on any atom is -0.397 e. The van der Waals surface area contributed by atoms with Gasteiger partial charge in [-0.3, -0.25) is 0 Å². The van der Waals surface area contributed by atoms with Gasteiger partial charge in [0.25, 0.3) is 0 Å². The number of pyridine rings is 1. The van der Waals surface area contributed by atoms with Crippen molar-refractivity contribution in [3.8, 4) is 0 Å². The van der Waals surface area contributed by atoms with Crippen molar-refractivity contribution in [2.75, 3.05) is 35.6 Å². The summed E-state index contributed by atoms with van der Waals surface area (Å²) in [5, 5.41) is 3.08. The highest BCUT2D eigenvalue weighted by molar-refractivity contribution is 6.33. The van der Waals surface area contributed by atoms with Crippen molar-refractivity contribution in [1.82, 2.24) is 9.88 Å². The molecule has 1 aromatic heterocycles. The summed E-state index contributed by atoms with van der Waals surface area (Å²) in [5.41, 5.74) is 5.67. The van der Waals surface area contributed by atoms with Crippen LogP contribution < -0.4 is 16.0 Å². The molecule has 150 valence electrons. The Morgan fingerprint density at radius 2 is 1.96 bits per heavy atom. The van der Waals surface area contributed by atoms with Crippen LogP contribution >= 0.6 is 11.6 Å². The van der Waals surface area contributed by atoms with E-state index in [4.69, 9.17) is 17.3 Å². The molecular weight excluding hydrogens is 395 g/mol. The SMILES string of the molecule is CC1CN(c2ncc(N)cc2Cl)CCN1C(=O)Nc1ccc(C(F)(F)F)cc1. The Bertz CT molecular complexity index is 859. The molecule has 10 heteroatoms.